The van der Waals surface area contributed by atoms with Crippen LogP contribution >= 0.6 is 0 Å². The number of piperazine rings is 1. The lowest BCUT2D eigenvalue weighted by Gasteiger charge is -2.47. The maximum atomic E-state index is 2.78. The van der Waals surface area contributed by atoms with E-state index in [0.29, 0.717) is 0 Å². The number of nitrogens with zero attached hydrogens (tertiary/aromatic N) is 2. The smallest absolute Gasteiger partial charge is 0.0113 e. The molecule has 116 valence electrons. The van der Waals surface area contributed by atoms with Crippen LogP contribution in [0.25, 0.3) is 0 Å². The first kappa shape index (κ1) is 14.8. The summed E-state index contributed by atoms with van der Waals surface area (Å²) in [5.41, 5.74) is 0. The van der Waals surface area contributed by atoms with Crippen molar-refractivity contribution in [1.29, 1.82) is 0 Å². The second-order valence-corrected chi connectivity index (χ2v) is 7.86. The van der Waals surface area contributed by atoms with E-state index in [1.807, 2.05) is 0 Å². The van der Waals surface area contributed by atoms with Gasteiger partial charge in [-0.05, 0) is 43.4 Å². The maximum Gasteiger partial charge on any atom is 0.0113 e. The molecule has 2 saturated carbocycles. The van der Waals surface area contributed by atoms with Crippen LogP contribution in [0.4, 0.5) is 0 Å². The third kappa shape index (κ3) is 3.57. The molecular weight excluding hydrogens is 244 g/mol. The van der Waals surface area contributed by atoms with E-state index in [1.54, 1.807) is 0 Å². The van der Waals surface area contributed by atoms with Crippen molar-refractivity contribution >= 4 is 0 Å². The van der Waals surface area contributed by atoms with Crippen molar-refractivity contribution in [3.8, 4) is 0 Å². The summed E-state index contributed by atoms with van der Waals surface area (Å²) in [7, 11) is 0. The van der Waals surface area contributed by atoms with Crippen molar-refractivity contribution < 1.29 is 0 Å². The first-order valence-corrected chi connectivity index (χ1v) is 9.21. The van der Waals surface area contributed by atoms with Crippen LogP contribution in [-0.2, 0) is 0 Å². The lowest BCUT2D eigenvalue weighted by Crippen LogP contribution is -2.54. The Morgan fingerprint density at radius 1 is 0.850 bits per heavy atom. The number of hydrogen-bond donors (Lipinski definition) is 0. The molecule has 0 radical (unpaired) electrons. The van der Waals surface area contributed by atoms with Crippen LogP contribution in [0.5, 0.6) is 0 Å². The zero-order chi connectivity index (χ0) is 13.9. The molecule has 1 aliphatic heterocycles. The van der Waals surface area contributed by atoms with Gasteiger partial charge >= 0.3 is 0 Å². The van der Waals surface area contributed by atoms with Gasteiger partial charge in [-0.25, -0.2) is 0 Å². The zero-order valence-electron chi connectivity index (χ0n) is 13.7. The molecule has 0 N–H and O–H groups in total. The van der Waals surface area contributed by atoms with Crippen LogP contribution in [0.15, 0.2) is 0 Å². The molecule has 0 aromatic rings. The summed E-state index contributed by atoms with van der Waals surface area (Å²) in [6, 6.07) is 0.942. The van der Waals surface area contributed by atoms with Crippen LogP contribution in [-0.4, -0.2) is 48.6 Å². The minimum Gasteiger partial charge on any atom is -0.301 e. The Morgan fingerprint density at radius 3 is 2.10 bits per heavy atom. The van der Waals surface area contributed by atoms with Crippen LogP contribution in [0, 0.1) is 17.8 Å². The normalized spacial score (nSPS) is 40.5. The van der Waals surface area contributed by atoms with Gasteiger partial charge in [-0.3, -0.25) is 4.90 Å². The summed E-state index contributed by atoms with van der Waals surface area (Å²) in [5.74, 6) is 3.04. The van der Waals surface area contributed by atoms with Crippen molar-refractivity contribution in [2.45, 2.75) is 64.8 Å². The van der Waals surface area contributed by atoms with Crippen LogP contribution in [0.1, 0.15) is 58.8 Å². The van der Waals surface area contributed by atoms with Gasteiger partial charge in [0.25, 0.3) is 0 Å². The average molecular weight is 278 g/mol. The van der Waals surface area contributed by atoms with Crippen molar-refractivity contribution in [3.05, 3.63) is 0 Å². The Hall–Kier alpha value is -0.0800. The number of hydrogen-bond acceptors (Lipinski definition) is 2. The molecule has 0 atom stereocenters. The summed E-state index contributed by atoms with van der Waals surface area (Å²) in [6.07, 6.45) is 10.3. The molecule has 2 nitrogen and oxygen atoms in total. The van der Waals surface area contributed by atoms with E-state index in [1.165, 1.54) is 77.7 Å². The van der Waals surface area contributed by atoms with E-state index in [4.69, 9.17) is 0 Å². The Balaban J connectivity index is 1.34. The summed E-state index contributed by atoms with van der Waals surface area (Å²) < 4.78 is 0. The first-order chi connectivity index (χ1) is 9.74. The molecule has 0 unspecified atom stereocenters. The fourth-order valence-electron chi connectivity index (χ4n) is 4.52. The van der Waals surface area contributed by atoms with Gasteiger partial charge in [0.15, 0.2) is 0 Å². The highest BCUT2D eigenvalue weighted by atomic mass is 15.3. The van der Waals surface area contributed by atoms with Crippen LogP contribution < -0.4 is 0 Å². The Kier molecular flexibility index (Phi) is 5.04. The molecule has 0 aromatic carbocycles. The highest BCUT2D eigenvalue weighted by molar-refractivity contribution is 4.89. The van der Waals surface area contributed by atoms with Gasteiger partial charge in [0.1, 0.15) is 0 Å². The fourth-order valence-corrected chi connectivity index (χ4v) is 4.52. The second-order valence-electron chi connectivity index (χ2n) is 7.86. The largest absolute Gasteiger partial charge is 0.301 e. The minimum absolute atomic E-state index is 0.942. The van der Waals surface area contributed by atoms with E-state index >= 15 is 0 Å². The lowest BCUT2D eigenvalue weighted by molar-refractivity contribution is 0.0255. The molecule has 2 aliphatic carbocycles. The van der Waals surface area contributed by atoms with Crippen molar-refractivity contribution in [1.82, 2.24) is 9.80 Å². The van der Waals surface area contributed by atoms with Crippen molar-refractivity contribution in [2.24, 2.45) is 17.8 Å². The van der Waals surface area contributed by atoms with E-state index in [-0.39, 0.29) is 0 Å². The Bertz CT molecular complexity index is 282. The molecular formula is C18H34N2. The quantitative estimate of drug-likeness (QED) is 0.775. The molecule has 1 heterocycles. The molecule has 2 heteroatoms. The van der Waals surface area contributed by atoms with Gasteiger partial charge in [0, 0.05) is 38.8 Å². The zero-order valence-corrected chi connectivity index (χ0v) is 13.7. The van der Waals surface area contributed by atoms with Gasteiger partial charge in [0.05, 0.1) is 0 Å². The molecule has 0 spiro atoms. The predicted molar refractivity (Wildman–Crippen MR) is 85.9 cm³/mol. The van der Waals surface area contributed by atoms with Gasteiger partial charge in [-0.2, -0.15) is 0 Å². The predicted octanol–water partition coefficient (Wildman–Crippen LogP) is 3.62. The standard InChI is InChI=1S/C18H34N2/c1-3-16-12-18(13-16)20-10-8-19(9-11-20)14-17-6-4-15(2)5-7-17/h15-18H,3-14H2,1-2H3. The third-order valence-corrected chi connectivity index (χ3v) is 6.36. The molecule has 3 rings (SSSR count). The summed E-state index contributed by atoms with van der Waals surface area (Å²) in [6.45, 7) is 11.5. The SMILES string of the molecule is CCC1CC(N2CCN(CC3CCC(C)CC3)CC2)C1. The molecule has 20 heavy (non-hydrogen) atoms. The molecule has 0 bridgehead atoms. The molecule has 0 amide bonds. The van der Waals surface area contributed by atoms with E-state index in [0.717, 1.165) is 23.8 Å². The monoisotopic (exact) mass is 278 g/mol. The maximum absolute atomic E-state index is 2.78. The Morgan fingerprint density at radius 2 is 1.50 bits per heavy atom. The minimum atomic E-state index is 0.942. The van der Waals surface area contributed by atoms with Crippen molar-refractivity contribution in [3.63, 3.8) is 0 Å². The summed E-state index contributed by atoms with van der Waals surface area (Å²) in [5, 5.41) is 0. The molecule has 1 saturated heterocycles. The Labute approximate surface area is 125 Å². The van der Waals surface area contributed by atoms with Gasteiger partial charge in [-0.1, -0.05) is 33.1 Å². The van der Waals surface area contributed by atoms with E-state index in [2.05, 4.69) is 23.6 Å². The molecule has 3 fully saturated rings. The summed E-state index contributed by atoms with van der Waals surface area (Å²) >= 11 is 0. The number of rotatable bonds is 4. The highest BCUT2D eigenvalue weighted by Crippen LogP contribution is 2.34. The topological polar surface area (TPSA) is 6.48 Å². The van der Waals surface area contributed by atoms with Gasteiger partial charge in [-0.15, -0.1) is 0 Å². The molecule has 0 aromatic heterocycles. The average Bonchev–Trinajstić information content (AvgIpc) is 2.42. The molecule has 3 aliphatic rings. The third-order valence-electron chi connectivity index (χ3n) is 6.36. The fraction of sp³-hybridized carbons (Fsp3) is 1.00. The van der Waals surface area contributed by atoms with E-state index < -0.39 is 0 Å². The highest BCUT2D eigenvalue weighted by Gasteiger charge is 2.34. The summed E-state index contributed by atoms with van der Waals surface area (Å²) in [4.78, 5) is 5.54. The van der Waals surface area contributed by atoms with Gasteiger partial charge in [0.2, 0.25) is 0 Å². The van der Waals surface area contributed by atoms with Crippen LogP contribution in [0.2, 0.25) is 0 Å². The lowest BCUT2D eigenvalue weighted by atomic mass is 9.77. The van der Waals surface area contributed by atoms with Crippen molar-refractivity contribution in [2.75, 3.05) is 32.7 Å². The van der Waals surface area contributed by atoms with Gasteiger partial charge < -0.3 is 4.90 Å². The second kappa shape index (κ2) is 6.79. The van der Waals surface area contributed by atoms with E-state index in [9.17, 15) is 0 Å². The van der Waals surface area contributed by atoms with Crippen LogP contribution in [0.3, 0.4) is 0 Å². The first-order valence-electron chi connectivity index (χ1n) is 9.21.